The Labute approximate surface area is 210 Å². The number of nitrogens with one attached hydrogen (secondary N) is 3. The number of carbonyl (C=O) groups is 2. The number of hydrogen-bond donors (Lipinski definition) is 3. The molecule has 2 amide bonds. The highest BCUT2D eigenvalue weighted by atomic mass is 32.1. The lowest BCUT2D eigenvalue weighted by Gasteiger charge is -2.12. The fourth-order valence-electron chi connectivity index (χ4n) is 4.61. The van der Waals surface area contributed by atoms with E-state index in [4.69, 9.17) is 12.2 Å². The molecular formula is C27H32N4O3S. The van der Waals surface area contributed by atoms with Crippen LogP contribution in [0, 0.1) is 10.7 Å². The lowest BCUT2D eigenvalue weighted by atomic mass is 10.1. The molecule has 1 aliphatic carbocycles. The van der Waals surface area contributed by atoms with Crippen LogP contribution in [0.2, 0.25) is 0 Å². The van der Waals surface area contributed by atoms with Gasteiger partial charge in [0.15, 0.2) is 4.77 Å². The average Bonchev–Trinajstić information content (AvgIpc) is 3.40. The summed E-state index contributed by atoms with van der Waals surface area (Å²) >= 11 is 5.35. The number of unbranched alkanes of at least 4 members (excludes halogenated alkanes) is 2. The zero-order valence-corrected chi connectivity index (χ0v) is 20.7. The molecular weight excluding hydrogens is 460 g/mol. The van der Waals surface area contributed by atoms with Crippen molar-refractivity contribution >= 4 is 40.6 Å². The van der Waals surface area contributed by atoms with Gasteiger partial charge >= 0.3 is 0 Å². The summed E-state index contributed by atoms with van der Waals surface area (Å²) in [6.45, 7) is 0.952. The van der Waals surface area contributed by atoms with Crippen molar-refractivity contribution in [3.8, 4) is 0 Å². The number of anilines is 1. The minimum absolute atomic E-state index is 0.00874. The van der Waals surface area contributed by atoms with E-state index in [2.05, 4.69) is 15.6 Å². The van der Waals surface area contributed by atoms with Crippen LogP contribution < -0.4 is 16.2 Å². The van der Waals surface area contributed by atoms with Crippen LogP contribution >= 0.6 is 12.2 Å². The van der Waals surface area contributed by atoms with Crippen LogP contribution in [0.3, 0.4) is 0 Å². The van der Waals surface area contributed by atoms with Crippen LogP contribution in [0.1, 0.15) is 56.9 Å². The van der Waals surface area contributed by atoms with Crippen molar-refractivity contribution in [2.45, 2.75) is 64.5 Å². The third-order valence-electron chi connectivity index (χ3n) is 6.59. The van der Waals surface area contributed by atoms with Crippen molar-refractivity contribution in [3.05, 3.63) is 69.2 Å². The van der Waals surface area contributed by atoms with E-state index in [1.807, 2.05) is 42.5 Å². The van der Waals surface area contributed by atoms with Crippen molar-refractivity contribution in [1.82, 2.24) is 14.9 Å². The van der Waals surface area contributed by atoms with Crippen LogP contribution in [0.5, 0.6) is 0 Å². The lowest BCUT2D eigenvalue weighted by molar-refractivity contribution is -0.121. The van der Waals surface area contributed by atoms with Gasteiger partial charge in [0.2, 0.25) is 11.8 Å². The zero-order chi connectivity index (χ0) is 24.6. The smallest absolute Gasteiger partial charge is 0.262 e. The first-order valence-corrected chi connectivity index (χ1v) is 12.8. The van der Waals surface area contributed by atoms with Crippen molar-refractivity contribution in [2.24, 2.45) is 5.92 Å². The third-order valence-corrected chi connectivity index (χ3v) is 6.91. The van der Waals surface area contributed by atoms with E-state index in [9.17, 15) is 14.4 Å². The highest BCUT2D eigenvalue weighted by Crippen LogP contribution is 2.26. The van der Waals surface area contributed by atoms with Crippen LogP contribution in [0.25, 0.3) is 10.9 Å². The van der Waals surface area contributed by atoms with Gasteiger partial charge in [-0.3, -0.25) is 19.0 Å². The number of H-pyrrole nitrogens is 1. The van der Waals surface area contributed by atoms with Crippen LogP contribution in [0.15, 0.2) is 53.3 Å². The fraction of sp³-hybridized carbons (Fsp3) is 0.407. The number of hydrogen-bond acceptors (Lipinski definition) is 4. The monoisotopic (exact) mass is 492 g/mol. The zero-order valence-electron chi connectivity index (χ0n) is 19.8. The van der Waals surface area contributed by atoms with E-state index in [1.54, 1.807) is 10.6 Å². The Balaban J connectivity index is 1.18. The average molecular weight is 493 g/mol. The predicted octanol–water partition coefficient (Wildman–Crippen LogP) is 5.06. The second-order valence-electron chi connectivity index (χ2n) is 9.19. The van der Waals surface area contributed by atoms with Gasteiger partial charge in [-0.15, -0.1) is 0 Å². The van der Waals surface area contributed by atoms with Gasteiger partial charge in [-0.25, -0.2) is 0 Å². The first kappa shape index (κ1) is 24.9. The van der Waals surface area contributed by atoms with Crippen molar-refractivity contribution in [3.63, 3.8) is 0 Å². The summed E-state index contributed by atoms with van der Waals surface area (Å²) in [7, 11) is 0. The number of rotatable bonds is 10. The highest BCUT2D eigenvalue weighted by molar-refractivity contribution is 7.71. The Morgan fingerprint density at radius 3 is 2.66 bits per heavy atom. The molecule has 184 valence electrons. The molecule has 1 aliphatic rings. The quantitative estimate of drug-likeness (QED) is 0.272. The van der Waals surface area contributed by atoms with Gasteiger partial charge < -0.3 is 15.6 Å². The molecule has 0 radical (unpaired) electrons. The van der Waals surface area contributed by atoms with E-state index >= 15 is 0 Å². The highest BCUT2D eigenvalue weighted by Gasteiger charge is 2.22. The molecule has 1 saturated carbocycles. The Hall–Kier alpha value is -3.26. The summed E-state index contributed by atoms with van der Waals surface area (Å²) in [5, 5.41) is 6.59. The Kier molecular flexibility index (Phi) is 8.47. The number of carbonyl (C=O) groups excluding carboxylic acids is 2. The molecule has 3 N–H and O–H groups in total. The molecule has 3 aromatic rings. The molecule has 1 heterocycles. The SMILES string of the molecule is O=C(CCCCCn1c(=S)[nH]c2ccccc2c1=O)NCc1cccc(NC(=O)C2CCCC2)c1. The normalized spacial score (nSPS) is 13.7. The Morgan fingerprint density at radius 2 is 1.83 bits per heavy atom. The summed E-state index contributed by atoms with van der Waals surface area (Å²) in [5.41, 5.74) is 2.39. The lowest BCUT2D eigenvalue weighted by Crippen LogP contribution is -2.23. The maximum Gasteiger partial charge on any atom is 0.262 e. The maximum absolute atomic E-state index is 12.7. The van der Waals surface area contributed by atoms with Crippen molar-refractivity contribution in [1.29, 1.82) is 0 Å². The molecule has 1 fully saturated rings. The molecule has 2 aromatic carbocycles. The summed E-state index contributed by atoms with van der Waals surface area (Å²) in [5.74, 6) is 0.204. The third kappa shape index (κ3) is 6.66. The molecule has 8 heteroatoms. The molecule has 0 unspecified atom stereocenters. The van der Waals surface area contributed by atoms with E-state index in [0.29, 0.717) is 29.7 Å². The molecule has 7 nitrogen and oxygen atoms in total. The van der Waals surface area contributed by atoms with Gasteiger partial charge in [-0.2, -0.15) is 0 Å². The fourth-order valence-corrected chi connectivity index (χ4v) is 4.90. The van der Waals surface area contributed by atoms with Crippen LogP contribution in [-0.2, 0) is 22.7 Å². The molecule has 0 atom stereocenters. The molecule has 35 heavy (non-hydrogen) atoms. The summed E-state index contributed by atoms with van der Waals surface area (Å²) in [4.78, 5) is 40.4. The number of aromatic amines is 1. The van der Waals surface area contributed by atoms with Crippen molar-refractivity contribution in [2.75, 3.05) is 5.32 Å². The molecule has 0 aliphatic heterocycles. The first-order chi connectivity index (χ1) is 17.0. The minimum Gasteiger partial charge on any atom is -0.352 e. The molecule has 1 aromatic heterocycles. The standard InChI is InChI=1S/C27H32N4O3S/c32-24(28-18-19-9-8-12-21(17-19)29-25(33)20-10-3-4-11-20)15-2-1-7-16-31-26(34)22-13-5-6-14-23(22)30-27(31)35/h5-6,8-9,12-14,17,20H,1-4,7,10-11,15-16,18H2,(H,28,32)(H,29,33)(H,30,35). The number of amides is 2. The van der Waals surface area contributed by atoms with Crippen LogP contribution in [-0.4, -0.2) is 21.4 Å². The summed E-state index contributed by atoms with van der Waals surface area (Å²) in [6, 6.07) is 15.0. The summed E-state index contributed by atoms with van der Waals surface area (Å²) < 4.78 is 2.02. The molecule has 4 rings (SSSR count). The minimum atomic E-state index is -0.0799. The van der Waals surface area contributed by atoms with Crippen LogP contribution in [0.4, 0.5) is 5.69 Å². The predicted molar refractivity (Wildman–Crippen MR) is 141 cm³/mol. The molecule has 0 bridgehead atoms. The number of aromatic nitrogens is 2. The van der Waals surface area contributed by atoms with Gasteiger partial charge in [0.25, 0.3) is 5.56 Å². The van der Waals surface area contributed by atoms with E-state index < -0.39 is 0 Å². The molecule has 0 spiro atoms. The molecule has 0 saturated heterocycles. The van der Waals surface area contributed by atoms with Gasteiger partial charge in [0.05, 0.1) is 10.9 Å². The number of para-hydroxylation sites is 1. The second-order valence-corrected chi connectivity index (χ2v) is 9.58. The topological polar surface area (TPSA) is 96.0 Å². The Bertz CT molecular complexity index is 1310. The number of nitrogens with zero attached hydrogens (tertiary/aromatic N) is 1. The van der Waals surface area contributed by atoms with E-state index in [-0.39, 0.29) is 23.3 Å². The van der Waals surface area contributed by atoms with Gasteiger partial charge in [0, 0.05) is 31.1 Å². The van der Waals surface area contributed by atoms with Crippen molar-refractivity contribution < 1.29 is 9.59 Å². The van der Waals surface area contributed by atoms with Gasteiger partial charge in [0.1, 0.15) is 0 Å². The van der Waals surface area contributed by atoms with E-state index in [1.165, 1.54) is 0 Å². The van der Waals surface area contributed by atoms with E-state index in [0.717, 1.165) is 61.7 Å². The van der Waals surface area contributed by atoms with Gasteiger partial charge in [-0.05, 0) is 67.7 Å². The number of benzene rings is 2. The largest absolute Gasteiger partial charge is 0.352 e. The Morgan fingerprint density at radius 1 is 1.03 bits per heavy atom. The first-order valence-electron chi connectivity index (χ1n) is 12.4. The second kappa shape index (κ2) is 11.9. The number of fused-ring (bicyclic) bond motifs is 1. The maximum atomic E-state index is 12.7. The van der Waals surface area contributed by atoms with Gasteiger partial charge in [-0.1, -0.05) is 43.5 Å². The summed E-state index contributed by atoms with van der Waals surface area (Å²) in [6.07, 6.45) is 6.94.